The first-order valence-electron chi connectivity index (χ1n) is 7.66. The molecule has 144 valence electrons. The van der Waals surface area contributed by atoms with E-state index in [0.717, 1.165) is 22.7 Å². The second-order valence-corrected chi connectivity index (χ2v) is 7.58. The highest BCUT2D eigenvalue weighted by molar-refractivity contribution is 7.92. The summed E-state index contributed by atoms with van der Waals surface area (Å²) in [5.74, 6) is -2.88. The van der Waals surface area contributed by atoms with Crippen LogP contribution in [0.25, 0.3) is 0 Å². The SMILES string of the molecule is CC(=O)Nc1ccc(N(CC(=O)Nc2ccc(F)cc2F)S(C)(=O)=O)cc1. The summed E-state index contributed by atoms with van der Waals surface area (Å²) in [5.41, 5.74) is 0.370. The molecule has 0 aromatic heterocycles. The fraction of sp³-hybridized carbons (Fsp3) is 0.176. The van der Waals surface area contributed by atoms with E-state index in [-0.39, 0.29) is 17.3 Å². The number of hydrogen-bond donors (Lipinski definition) is 2. The quantitative estimate of drug-likeness (QED) is 0.782. The fourth-order valence-electron chi connectivity index (χ4n) is 2.23. The Balaban J connectivity index is 2.19. The Morgan fingerprint density at radius 2 is 1.67 bits per heavy atom. The van der Waals surface area contributed by atoms with Crippen LogP contribution in [0.1, 0.15) is 6.92 Å². The van der Waals surface area contributed by atoms with Crippen molar-refractivity contribution in [2.75, 3.05) is 27.7 Å². The van der Waals surface area contributed by atoms with E-state index in [1.54, 1.807) is 0 Å². The van der Waals surface area contributed by atoms with Crippen LogP contribution in [0, 0.1) is 11.6 Å². The number of benzene rings is 2. The number of nitrogens with zero attached hydrogens (tertiary/aromatic N) is 1. The molecule has 2 aromatic carbocycles. The summed E-state index contributed by atoms with van der Waals surface area (Å²) in [6.07, 6.45) is 0.917. The molecule has 0 saturated carbocycles. The Morgan fingerprint density at radius 3 is 2.19 bits per heavy atom. The van der Waals surface area contributed by atoms with E-state index >= 15 is 0 Å². The number of sulfonamides is 1. The van der Waals surface area contributed by atoms with E-state index in [1.807, 2.05) is 0 Å². The summed E-state index contributed by atoms with van der Waals surface area (Å²) < 4.78 is 51.5. The van der Waals surface area contributed by atoms with E-state index in [2.05, 4.69) is 10.6 Å². The lowest BCUT2D eigenvalue weighted by Crippen LogP contribution is -2.37. The Kier molecular flexibility index (Phi) is 6.11. The van der Waals surface area contributed by atoms with E-state index in [9.17, 15) is 26.8 Å². The van der Waals surface area contributed by atoms with Gasteiger partial charge in [-0.2, -0.15) is 0 Å². The molecule has 0 aliphatic heterocycles. The molecule has 7 nitrogen and oxygen atoms in total. The molecule has 0 radical (unpaired) electrons. The molecule has 2 aromatic rings. The Hall–Kier alpha value is -3.01. The van der Waals surface area contributed by atoms with E-state index in [0.29, 0.717) is 11.8 Å². The highest BCUT2D eigenvalue weighted by Crippen LogP contribution is 2.21. The van der Waals surface area contributed by atoms with Crippen LogP contribution in [-0.4, -0.2) is 33.0 Å². The number of hydrogen-bond acceptors (Lipinski definition) is 4. The van der Waals surface area contributed by atoms with Crippen molar-refractivity contribution in [2.24, 2.45) is 0 Å². The van der Waals surface area contributed by atoms with Crippen molar-refractivity contribution in [2.45, 2.75) is 6.92 Å². The van der Waals surface area contributed by atoms with Gasteiger partial charge in [0.1, 0.15) is 18.2 Å². The monoisotopic (exact) mass is 397 g/mol. The van der Waals surface area contributed by atoms with E-state index in [4.69, 9.17) is 0 Å². The zero-order valence-corrected chi connectivity index (χ0v) is 15.3. The molecule has 2 rings (SSSR count). The number of anilines is 3. The minimum Gasteiger partial charge on any atom is -0.326 e. The number of carbonyl (C=O) groups is 2. The topological polar surface area (TPSA) is 95.6 Å². The van der Waals surface area contributed by atoms with Gasteiger partial charge in [-0.05, 0) is 36.4 Å². The van der Waals surface area contributed by atoms with Gasteiger partial charge in [-0.1, -0.05) is 0 Å². The first-order valence-corrected chi connectivity index (χ1v) is 9.51. The zero-order chi connectivity index (χ0) is 20.2. The van der Waals surface area contributed by atoms with Crippen molar-refractivity contribution >= 4 is 38.9 Å². The molecule has 0 fully saturated rings. The van der Waals surface area contributed by atoms with Crippen molar-refractivity contribution in [3.63, 3.8) is 0 Å². The summed E-state index contributed by atoms with van der Waals surface area (Å²) in [6, 6.07) is 8.39. The second-order valence-electron chi connectivity index (χ2n) is 5.67. The fourth-order valence-corrected chi connectivity index (χ4v) is 3.08. The van der Waals surface area contributed by atoms with Gasteiger partial charge in [-0.25, -0.2) is 17.2 Å². The van der Waals surface area contributed by atoms with Crippen LogP contribution < -0.4 is 14.9 Å². The Bertz CT molecular complexity index is 963. The smallest absolute Gasteiger partial charge is 0.245 e. The molecule has 0 bridgehead atoms. The summed E-state index contributed by atoms with van der Waals surface area (Å²) in [4.78, 5) is 23.2. The summed E-state index contributed by atoms with van der Waals surface area (Å²) in [5, 5.41) is 4.74. The van der Waals surface area contributed by atoms with Crippen LogP contribution in [0.15, 0.2) is 42.5 Å². The lowest BCUT2D eigenvalue weighted by atomic mass is 10.2. The number of amides is 2. The average Bonchev–Trinajstić information content (AvgIpc) is 2.55. The van der Waals surface area contributed by atoms with Gasteiger partial charge >= 0.3 is 0 Å². The first kappa shape index (κ1) is 20.3. The van der Waals surface area contributed by atoms with Crippen molar-refractivity contribution < 1.29 is 26.8 Å². The third kappa shape index (κ3) is 5.74. The Morgan fingerprint density at radius 1 is 1.04 bits per heavy atom. The molecule has 27 heavy (non-hydrogen) atoms. The highest BCUT2D eigenvalue weighted by Gasteiger charge is 2.21. The van der Waals surface area contributed by atoms with Crippen LogP contribution in [0.5, 0.6) is 0 Å². The zero-order valence-electron chi connectivity index (χ0n) is 14.5. The molecule has 2 N–H and O–H groups in total. The van der Waals surface area contributed by atoms with Crippen LogP contribution in [0.3, 0.4) is 0 Å². The maximum Gasteiger partial charge on any atom is 0.245 e. The third-order valence-corrected chi connectivity index (χ3v) is 4.51. The van der Waals surface area contributed by atoms with Crippen LogP contribution in [0.2, 0.25) is 0 Å². The minimum atomic E-state index is -3.83. The number of carbonyl (C=O) groups excluding carboxylic acids is 2. The molecule has 0 unspecified atom stereocenters. The third-order valence-electron chi connectivity index (χ3n) is 3.37. The molecule has 2 amide bonds. The van der Waals surface area contributed by atoms with Crippen molar-refractivity contribution in [1.82, 2.24) is 0 Å². The second kappa shape index (κ2) is 8.12. The van der Waals surface area contributed by atoms with Crippen LogP contribution in [-0.2, 0) is 19.6 Å². The highest BCUT2D eigenvalue weighted by atomic mass is 32.2. The number of nitrogens with one attached hydrogen (secondary N) is 2. The van der Waals surface area contributed by atoms with Gasteiger partial charge < -0.3 is 10.6 Å². The average molecular weight is 397 g/mol. The molecular formula is C17H17F2N3O4S. The van der Waals surface area contributed by atoms with Gasteiger partial charge in [0.25, 0.3) is 0 Å². The van der Waals surface area contributed by atoms with E-state index in [1.165, 1.54) is 31.2 Å². The first-order chi connectivity index (χ1) is 12.6. The maximum absolute atomic E-state index is 13.6. The minimum absolute atomic E-state index is 0.182. The van der Waals surface area contributed by atoms with Gasteiger partial charge in [0.05, 0.1) is 17.6 Å². The van der Waals surface area contributed by atoms with E-state index < -0.39 is 34.1 Å². The van der Waals surface area contributed by atoms with Crippen LogP contribution >= 0.6 is 0 Å². The molecule has 0 heterocycles. The molecular weight excluding hydrogens is 380 g/mol. The van der Waals surface area contributed by atoms with Gasteiger partial charge in [-0.3, -0.25) is 13.9 Å². The van der Waals surface area contributed by atoms with Crippen molar-refractivity contribution in [3.05, 3.63) is 54.1 Å². The molecule has 0 aliphatic carbocycles. The summed E-state index contributed by atoms with van der Waals surface area (Å²) in [6.45, 7) is 0.713. The van der Waals surface area contributed by atoms with Gasteiger partial charge in [-0.15, -0.1) is 0 Å². The lowest BCUT2D eigenvalue weighted by molar-refractivity contribution is -0.115. The van der Waals surface area contributed by atoms with Gasteiger partial charge in [0.15, 0.2) is 0 Å². The Labute approximate surface area is 155 Å². The number of rotatable bonds is 6. The predicted octanol–water partition coefficient (Wildman–Crippen LogP) is 2.33. The predicted molar refractivity (Wildman–Crippen MR) is 97.9 cm³/mol. The maximum atomic E-state index is 13.6. The molecule has 0 atom stereocenters. The van der Waals surface area contributed by atoms with Gasteiger partial charge in [0.2, 0.25) is 21.8 Å². The van der Waals surface area contributed by atoms with Crippen molar-refractivity contribution in [1.29, 1.82) is 0 Å². The molecule has 0 spiro atoms. The molecule has 0 aliphatic rings. The lowest BCUT2D eigenvalue weighted by Gasteiger charge is -2.22. The largest absolute Gasteiger partial charge is 0.326 e. The molecule has 10 heteroatoms. The van der Waals surface area contributed by atoms with Crippen molar-refractivity contribution in [3.8, 4) is 0 Å². The van der Waals surface area contributed by atoms with Crippen LogP contribution in [0.4, 0.5) is 25.8 Å². The normalized spacial score (nSPS) is 11.0. The van der Waals surface area contributed by atoms with Gasteiger partial charge in [0, 0.05) is 18.7 Å². The summed E-state index contributed by atoms with van der Waals surface area (Å²) >= 11 is 0. The standard InChI is InChI=1S/C17H17F2N3O4S/c1-11(23)20-13-4-6-14(7-5-13)22(27(2,25)26)10-17(24)21-16-8-3-12(18)9-15(16)19/h3-9H,10H2,1-2H3,(H,20,23)(H,21,24). The summed E-state index contributed by atoms with van der Waals surface area (Å²) in [7, 11) is -3.83. The number of halogens is 2. The molecule has 0 saturated heterocycles.